The van der Waals surface area contributed by atoms with Crippen molar-refractivity contribution >= 4 is 21.5 Å². The second-order valence-electron chi connectivity index (χ2n) is 11.5. The Morgan fingerprint density at radius 2 is 0.812 bits per heavy atom. The molecule has 0 radical (unpaired) electrons. The van der Waals surface area contributed by atoms with Crippen LogP contribution in [0.15, 0.2) is 167 Å². The lowest BCUT2D eigenvalue weighted by atomic mass is 9.85. The normalized spacial score (nSPS) is 11.3. The molecule has 0 saturated carbocycles. The number of fused-ring (bicyclic) bond motifs is 2. The van der Waals surface area contributed by atoms with Gasteiger partial charge in [-0.1, -0.05) is 91.0 Å². The number of rotatable bonds is 6. The molecule has 0 aliphatic rings. The van der Waals surface area contributed by atoms with Crippen LogP contribution in [0.2, 0.25) is 0 Å². The zero-order valence-electron chi connectivity index (χ0n) is 25.6. The van der Waals surface area contributed by atoms with E-state index >= 15 is 0 Å². The summed E-state index contributed by atoms with van der Waals surface area (Å²) in [6, 6.07) is 42.8. The van der Waals surface area contributed by atoms with Gasteiger partial charge in [0.05, 0.1) is 12.4 Å². The fraction of sp³-hybridized carbons (Fsp3) is 0. The third-order valence-electron chi connectivity index (χ3n) is 8.75. The molecule has 0 aliphatic carbocycles. The Hall–Kier alpha value is -6.66. The molecule has 0 bridgehead atoms. The number of aromatic nitrogens is 4. The van der Waals surface area contributed by atoms with Crippen LogP contribution in [0.25, 0.3) is 89.2 Å². The zero-order chi connectivity index (χ0) is 31.9. The molecule has 226 valence electrons. The smallest absolute Gasteiger partial charge is 0.245 e. The number of hydrogen-bond acceptors (Lipinski definition) is 6. The summed E-state index contributed by atoms with van der Waals surface area (Å²) in [4.78, 5) is 17.9. The van der Waals surface area contributed by atoms with Crippen molar-refractivity contribution in [2.24, 2.45) is 0 Å². The highest BCUT2D eigenvalue weighted by Crippen LogP contribution is 2.45. The third-order valence-corrected chi connectivity index (χ3v) is 8.75. The van der Waals surface area contributed by atoms with Crippen molar-refractivity contribution in [2.45, 2.75) is 0 Å². The van der Waals surface area contributed by atoms with E-state index in [1.165, 1.54) is 11.1 Å². The second kappa shape index (κ2) is 11.6. The van der Waals surface area contributed by atoms with E-state index in [2.05, 4.69) is 135 Å². The molecule has 0 amide bonds. The molecule has 6 heteroatoms. The van der Waals surface area contributed by atoms with E-state index in [1.54, 1.807) is 24.9 Å². The molecule has 4 aromatic heterocycles. The predicted molar refractivity (Wildman–Crippen MR) is 190 cm³/mol. The van der Waals surface area contributed by atoms with Gasteiger partial charge in [-0.2, -0.15) is 0 Å². The SMILES string of the molecule is c1ccc(-c2ccc(-c3ccc4c(-c5ccnc(-c6ncco6)c5)c5ccccc5c(-c5ccnc(-c6ncco6)c5)c4c3)cc2)cc1. The quantitative estimate of drug-likeness (QED) is 0.173. The molecule has 9 aromatic rings. The number of pyridine rings is 2. The summed E-state index contributed by atoms with van der Waals surface area (Å²) in [5.41, 5.74) is 10.3. The first-order chi connectivity index (χ1) is 23.8. The van der Waals surface area contributed by atoms with Gasteiger partial charge < -0.3 is 8.83 Å². The summed E-state index contributed by atoms with van der Waals surface area (Å²) in [7, 11) is 0. The van der Waals surface area contributed by atoms with Crippen molar-refractivity contribution < 1.29 is 8.83 Å². The van der Waals surface area contributed by atoms with E-state index in [9.17, 15) is 0 Å². The van der Waals surface area contributed by atoms with E-state index in [-0.39, 0.29) is 0 Å². The Labute approximate surface area is 276 Å². The monoisotopic (exact) mass is 618 g/mol. The van der Waals surface area contributed by atoms with E-state index in [1.807, 2.05) is 18.5 Å². The highest BCUT2D eigenvalue weighted by molar-refractivity contribution is 6.22. The topological polar surface area (TPSA) is 77.8 Å². The molecule has 0 aliphatic heterocycles. The standard InChI is InChI=1S/C42H26N4O2/c1-2-6-27(7-3-1)28-10-12-29(13-11-28)30-14-15-35-36(24-30)40(32-17-19-44-38(26-32)42-46-21-23-48-42)34-9-5-4-8-33(34)39(35)31-16-18-43-37(25-31)41-45-20-22-47-41/h1-26H. The van der Waals surface area contributed by atoms with Crippen LogP contribution in [0.5, 0.6) is 0 Å². The lowest BCUT2D eigenvalue weighted by Crippen LogP contribution is -1.94. The largest absolute Gasteiger partial charge is 0.443 e. The van der Waals surface area contributed by atoms with Gasteiger partial charge in [0.15, 0.2) is 0 Å². The minimum absolute atomic E-state index is 0.483. The number of oxazole rings is 2. The van der Waals surface area contributed by atoms with Crippen LogP contribution in [0.3, 0.4) is 0 Å². The van der Waals surface area contributed by atoms with Gasteiger partial charge in [0.1, 0.15) is 23.9 Å². The number of benzene rings is 5. The Morgan fingerprint density at radius 3 is 1.38 bits per heavy atom. The average Bonchev–Trinajstić information content (AvgIpc) is 3.90. The van der Waals surface area contributed by atoms with Crippen molar-refractivity contribution in [1.29, 1.82) is 0 Å². The molecule has 48 heavy (non-hydrogen) atoms. The van der Waals surface area contributed by atoms with Crippen molar-refractivity contribution in [1.82, 2.24) is 19.9 Å². The third kappa shape index (κ3) is 4.84. The molecule has 0 atom stereocenters. The van der Waals surface area contributed by atoms with Crippen LogP contribution >= 0.6 is 0 Å². The average molecular weight is 619 g/mol. The van der Waals surface area contributed by atoms with Crippen molar-refractivity contribution in [2.75, 3.05) is 0 Å². The molecule has 5 aromatic carbocycles. The molecule has 9 rings (SSSR count). The molecule has 0 saturated heterocycles. The summed E-state index contributed by atoms with van der Waals surface area (Å²) >= 11 is 0. The fourth-order valence-electron chi connectivity index (χ4n) is 6.57. The van der Waals surface area contributed by atoms with Gasteiger partial charge in [-0.25, -0.2) is 9.97 Å². The Morgan fingerprint density at radius 1 is 0.333 bits per heavy atom. The molecule has 6 nitrogen and oxygen atoms in total. The summed E-state index contributed by atoms with van der Waals surface area (Å²) in [5, 5.41) is 4.48. The number of hydrogen-bond donors (Lipinski definition) is 0. The van der Waals surface area contributed by atoms with E-state index in [4.69, 9.17) is 8.83 Å². The maximum Gasteiger partial charge on any atom is 0.245 e. The van der Waals surface area contributed by atoms with Gasteiger partial charge in [-0.3, -0.25) is 9.97 Å². The molecule has 0 fully saturated rings. The van der Waals surface area contributed by atoms with E-state index in [0.29, 0.717) is 23.2 Å². The Balaban J connectivity index is 1.30. The highest BCUT2D eigenvalue weighted by atomic mass is 16.3. The summed E-state index contributed by atoms with van der Waals surface area (Å²) in [6.07, 6.45) is 10.1. The van der Waals surface area contributed by atoms with Crippen molar-refractivity contribution in [3.05, 3.63) is 159 Å². The minimum atomic E-state index is 0.483. The van der Waals surface area contributed by atoms with Crippen molar-refractivity contribution in [3.8, 4) is 67.7 Å². The molecule has 0 N–H and O–H groups in total. The zero-order valence-corrected chi connectivity index (χ0v) is 25.6. The van der Waals surface area contributed by atoms with Gasteiger partial charge in [0, 0.05) is 12.4 Å². The van der Waals surface area contributed by atoms with Crippen LogP contribution in [0.1, 0.15) is 0 Å². The van der Waals surface area contributed by atoms with Gasteiger partial charge >= 0.3 is 0 Å². The highest BCUT2D eigenvalue weighted by Gasteiger charge is 2.19. The minimum Gasteiger partial charge on any atom is -0.443 e. The van der Waals surface area contributed by atoms with Crippen LogP contribution in [-0.4, -0.2) is 19.9 Å². The maximum atomic E-state index is 5.63. The molecule has 4 heterocycles. The molecule has 0 unspecified atom stereocenters. The van der Waals surface area contributed by atoms with Crippen LogP contribution < -0.4 is 0 Å². The lowest BCUT2D eigenvalue weighted by Gasteiger charge is -2.19. The van der Waals surface area contributed by atoms with Gasteiger partial charge in [0.25, 0.3) is 0 Å². The van der Waals surface area contributed by atoms with E-state index < -0.39 is 0 Å². The first-order valence-electron chi connectivity index (χ1n) is 15.7. The molecular weight excluding hydrogens is 592 g/mol. The van der Waals surface area contributed by atoms with Crippen LogP contribution in [-0.2, 0) is 0 Å². The number of nitrogens with zero attached hydrogens (tertiary/aromatic N) is 4. The first-order valence-corrected chi connectivity index (χ1v) is 15.7. The van der Waals surface area contributed by atoms with E-state index in [0.717, 1.165) is 54.9 Å². The first kappa shape index (κ1) is 27.6. The van der Waals surface area contributed by atoms with Crippen LogP contribution in [0, 0.1) is 0 Å². The molecular formula is C42H26N4O2. The van der Waals surface area contributed by atoms with Gasteiger partial charge in [-0.15, -0.1) is 0 Å². The maximum absolute atomic E-state index is 5.63. The van der Waals surface area contributed by atoms with Crippen LogP contribution in [0.4, 0.5) is 0 Å². The predicted octanol–water partition coefficient (Wildman–Crippen LogP) is 10.8. The van der Waals surface area contributed by atoms with Crippen molar-refractivity contribution in [3.63, 3.8) is 0 Å². The Kier molecular flexibility index (Phi) is 6.68. The summed E-state index contributed by atoms with van der Waals surface area (Å²) in [5.74, 6) is 0.969. The molecule has 0 spiro atoms. The summed E-state index contributed by atoms with van der Waals surface area (Å²) in [6.45, 7) is 0. The van der Waals surface area contributed by atoms with Gasteiger partial charge in [-0.05, 0) is 96.4 Å². The Bertz CT molecular complexity index is 2540. The second-order valence-corrected chi connectivity index (χ2v) is 11.5. The lowest BCUT2D eigenvalue weighted by molar-refractivity contribution is 0.572. The summed E-state index contributed by atoms with van der Waals surface area (Å²) < 4.78 is 11.2. The van der Waals surface area contributed by atoms with Gasteiger partial charge in [0.2, 0.25) is 11.8 Å². The fourth-order valence-corrected chi connectivity index (χ4v) is 6.57.